The van der Waals surface area contributed by atoms with Gasteiger partial charge in [0, 0.05) is 47.6 Å². The molecule has 0 bridgehead atoms. The van der Waals surface area contributed by atoms with E-state index in [1.165, 1.54) is 42.3 Å². The number of aromatic nitrogens is 1. The average molecular weight is 603 g/mol. The number of carbonyl (C=O) groups is 3. The summed E-state index contributed by atoms with van der Waals surface area (Å²) in [4.78, 5) is 47.9. The van der Waals surface area contributed by atoms with E-state index >= 15 is 0 Å². The zero-order valence-electron chi connectivity index (χ0n) is 21.9. The molecule has 1 saturated carbocycles. The fourth-order valence-corrected chi connectivity index (χ4v) is 5.42. The number of halogens is 4. The molecular formula is C30H30ClF3N4O4. The van der Waals surface area contributed by atoms with Gasteiger partial charge < -0.3 is 10.1 Å². The van der Waals surface area contributed by atoms with Gasteiger partial charge in [-0.15, -0.1) is 0 Å². The molecular weight excluding hydrogens is 573 g/mol. The van der Waals surface area contributed by atoms with Gasteiger partial charge in [-0.05, 0) is 36.8 Å². The van der Waals surface area contributed by atoms with Crippen molar-refractivity contribution in [2.24, 2.45) is 0 Å². The molecule has 2 aromatic carbocycles. The average Bonchev–Trinajstić information content (AvgIpc) is 3.32. The molecule has 8 nitrogen and oxygen atoms in total. The van der Waals surface area contributed by atoms with Crippen LogP contribution < -0.4 is 19.9 Å². The van der Waals surface area contributed by atoms with E-state index in [-0.39, 0.29) is 54.1 Å². The van der Waals surface area contributed by atoms with E-state index in [0.29, 0.717) is 0 Å². The summed E-state index contributed by atoms with van der Waals surface area (Å²) >= 11 is 6.50. The lowest BCUT2D eigenvalue weighted by Crippen LogP contribution is -2.56. The molecule has 0 unspecified atom stereocenters. The molecule has 2 heterocycles. The number of alkyl halides is 2. The summed E-state index contributed by atoms with van der Waals surface area (Å²) in [6.45, 7) is 0. The Hall–Kier alpha value is -4.12. The summed E-state index contributed by atoms with van der Waals surface area (Å²) in [5, 5.41) is 2.73. The number of anilines is 2. The zero-order valence-corrected chi connectivity index (χ0v) is 22.7. The first-order chi connectivity index (χ1) is 19.6. The first-order valence-electron chi connectivity index (χ1n) is 12.9. The van der Waals surface area contributed by atoms with E-state index in [1.54, 1.807) is 30.3 Å². The van der Waals surface area contributed by atoms with Gasteiger partial charge in [-0.1, -0.05) is 49.4 Å². The minimum absolute atomic E-state index is 0. The molecule has 222 valence electrons. The second-order valence-corrected chi connectivity index (χ2v) is 10.3. The maximum atomic E-state index is 14.5. The molecule has 1 aliphatic carbocycles. The molecule has 0 spiro atoms. The topological polar surface area (TPSA) is 91.8 Å². The number of ether oxygens (including phenoxy) is 1. The summed E-state index contributed by atoms with van der Waals surface area (Å²) in [6, 6.07) is 12.7. The second-order valence-electron chi connectivity index (χ2n) is 9.94. The molecule has 0 radical (unpaired) electrons. The minimum atomic E-state index is -2.90. The van der Waals surface area contributed by atoms with Gasteiger partial charge in [-0.3, -0.25) is 24.2 Å². The third-order valence-electron chi connectivity index (χ3n) is 7.13. The highest BCUT2D eigenvalue weighted by molar-refractivity contribution is 6.31. The van der Waals surface area contributed by atoms with E-state index in [2.05, 4.69) is 10.3 Å². The molecule has 2 aliphatic rings. The van der Waals surface area contributed by atoms with Crippen LogP contribution in [0.1, 0.15) is 44.7 Å². The highest BCUT2D eigenvalue weighted by atomic mass is 35.5. The lowest BCUT2D eigenvalue weighted by Gasteiger charge is -2.39. The molecule has 2 fully saturated rings. The predicted octanol–water partition coefficient (Wildman–Crippen LogP) is 5.70. The van der Waals surface area contributed by atoms with Gasteiger partial charge in [-0.25, -0.2) is 13.2 Å². The van der Waals surface area contributed by atoms with Crippen molar-refractivity contribution in [3.63, 3.8) is 0 Å². The van der Waals surface area contributed by atoms with Crippen LogP contribution in [0, 0.1) is 5.82 Å². The highest BCUT2D eigenvalue weighted by Crippen LogP contribution is 2.40. The monoisotopic (exact) mass is 602 g/mol. The first-order valence-corrected chi connectivity index (χ1v) is 13.3. The molecule has 5 rings (SSSR count). The standard InChI is InChI=1S/C29H26ClF3N4O4.CH4/c1-41-24-11-5-10-23(35-24)37-22(12-13-25(37)38)28(40)36(19-7-4-6-17(31)14-19)26(20-8-2-3-9-21(20)30)27(39)34-18-15-29(32,33)16-18;/h2-11,14,18,22,26H,12-13,15-16H2,1H3,(H,34,39);1H4/t22-,26-;/m0./s1. The zero-order chi connectivity index (χ0) is 29.3. The molecule has 1 aromatic heterocycles. The van der Waals surface area contributed by atoms with E-state index in [0.717, 1.165) is 11.0 Å². The third kappa shape index (κ3) is 6.20. The van der Waals surface area contributed by atoms with Crippen molar-refractivity contribution >= 4 is 40.8 Å². The van der Waals surface area contributed by atoms with Crippen LogP contribution in [0.15, 0.2) is 66.7 Å². The van der Waals surface area contributed by atoms with Crippen molar-refractivity contribution < 1.29 is 32.3 Å². The SMILES string of the molecule is C.COc1cccc(N2C(=O)CC[C@H]2C(=O)N(c2cccc(F)c2)[C@H](C(=O)NC2CC(F)(F)C2)c2ccccc2Cl)n1. The van der Waals surface area contributed by atoms with Crippen molar-refractivity contribution in [2.45, 2.75) is 57.2 Å². The third-order valence-corrected chi connectivity index (χ3v) is 7.47. The lowest BCUT2D eigenvalue weighted by atomic mass is 9.87. The van der Waals surface area contributed by atoms with Crippen molar-refractivity contribution in [2.75, 3.05) is 16.9 Å². The van der Waals surface area contributed by atoms with E-state index in [4.69, 9.17) is 16.3 Å². The molecule has 12 heteroatoms. The number of nitrogens with zero attached hydrogens (tertiary/aromatic N) is 3. The second kappa shape index (κ2) is 12.4. The maximum Gasteiger partial charge on any atom is 0.252 e. The van der Waals surface area contributed by atoms with Gasteiger partial charge in [0.05, 0.1) is 7.11 Å². The van der Waals surface area contributed by atoms with Gasteiger partial charge in [0.1, 0.15) is 23.7 Å². The molecule has 1 aliphatic heterocycles. The predicted molar refractivity (Wildman–Crippen MR) is 152 cm³/mol. The van der Waals surface area contributed by atoms with E-state index in [1.807, 2.05) is 0 Å². The summed E-state index contributed by atoms with van der Waals surface area (Å²) < 4.78 is 46.9. The van der Waals surface area contributed by atoms with Gasteiger partial charge in [0.25, 0.3) is 11.8 Å². The fourth-order valence-electron chi connectivity index (χ4n) is 5.18. The molecule has 1 N–H and O–H groups in total. The number of pyridine rings is 1. The number of rotatable bonds is 8. The Morgan fingerprint density at radius 2 is 1.83 bits per heavy atom. The van der Waals surface area contributed by atoms with Crippen LogP contribution in [0.4, 0.5) is 24.7 Å². The molecule has 2 atom stereocenters. The number of carbonyl (C=O) groups excluding carboxylic acids is 3. The highest BCUT2D eigenvalue weighted by Gasteiger charge is 2.48. The number of nitrogens with one attached hydrogen (secondary N) is 1. The first kappa shape index (κ1) is 30.8. The lowest BCUT2D eigenvalue weighted by molar-refractivity contribution is -0.133. The van der Waals surface area contributed by atoms with Gasteiger partial charge >= 0.3 is 0 Å². The molecule has 1 saturated heterocycles. The summed E-state index contributed by atoms with van der Waals surface area (Å²) in [5.74, 6) is -5.04. The van der Waals surface area contributed by atoms with Crippen LogP contribution >= 0.6 is 11.6 Å². The van der Waals surface area contributed by atoms with Gasteiger partial charge in [0.2, 0.25) is 17.7 Å². The fraction of sp³-hybridized carbons (Fsp3) is 0.333. The van der Waals surface area contributed by atoms with Crippen molar-refractivity contribution in [3.05, 3.63) is 83.1 Å². The van der Waals surface area contributed by atoms with Crippen LogP contribution in [0.5, 0.6) is 5.88 Å². The normalized spacial score (nSPS) is 18.5. The van der Waals surface area contributed by atoms with Crippen LogP contribution in [-0.2, 0) is 14.4 Å². The van der Waals surface area contributed by atoms with Crippen molar-refractivity contribution in [1.29, 1.82) is 0 Å². The number of methoxy groups -OCH3 is 1. The molecule has 3 aromatic rings. The van der Waals surface area contributed by atoms with Crippen LogP contribution in [0.3, 0.4) is 0 Å². The van der Waals surface area contributed by atoms with Crippen LogP contribution in [-0.4, -0.2) is 47.8 Å². The number of hydrogen-bond donors (Lipinski definition) is 1. The number of amides is 3. The Labute approximate surface area is 246 Å². The van der Waals surface area contributed by atoms with Gasteiger partial charge in [-0.2, -0.15) is 4.98 Å². The number of hydrogen-bond acceptors (Lipinski definition) is 5. The smallest absolute Gasteiger partial charge is 0.252 e. The Bertz CT molecular complexity index is 1480. The quantitative estimate of drug-likeness (QED) is 0.357. The number of benzene rings is 2. The molecule has 42 heavy (non-hydrogen) atoms. The van der Waals surface area contributed by atoms with Crippen molar-refractivity contribution in [3.8, 4) is 5.88 Å². The Morgan fingerprint density at radius 1 is 1.12 bits per heavy atom. The molecule has 3 amide bonds. The Morgan fingerprint density at radius 3 is 2.50 bits per heavy atom. The Balaban J connectivity index is 0.00000405. The van der Waals surface area contributed by atoms with E-state index in [9.17, 15) is 27.6 Å². The van der Waals surface area contributed by atoms with Crippen LogP contribution in [0.25, 0.3) is 0 Å². The summed E-state index contributed by atoms with van der Waals surface area (Å²) in [7, 11) is 1.41. The van der Waals surface area contributed by atoms with Crippen LogP contribution in [0.2, 0.25) is 5.02 Å². The maximum absolute atomic E-state index is 14.5. The summed E-state index contributed by atoms with van der Waals surface area (Å²) in [5.41, 5.74) is 0.220. The Kier molecular flexibility index (Phi) is 9.10. The van der Waals surface area contributed by atoms with E-state index < -0.39 is 54.5 Å². The van der Waals surface area contributed by atoms with Crippen molar-refractivity contribution in [1.82, 2.24) is 10.3 Å². The largest absolute Gasteiger partial charge is 0.481 e. The summed E-state index contributed by atoms with van der Waals surface area (Å²) in [6.07, 6.45) is -0.983. The van der Waals surface area contributed by atoms with Gasteiger partial charge in [0.15, 0.2) is 0 Å². The minimum Gasteiger partial charge on any atom is -0.481 e.